The van der Waals surface area contributed by atoms with Crippen LogP contribution in [-0.4, -0.2) is 63.6 Å². The SMILES string of the molecule is CC(O)C(c1cc(O)c(C(=O)O)[nH]1)N1CCOCC1. The number of hydrogen-bond donors (Lipinski definition) is 4. The van der Waals surface area contributed by atoms with Crippen molar-refractivity contribution in [1.29, 1.82) is 0 Å². The van der Waals surface area contributed by atoms with Crippen molar-refractivity contribution < 1.29 is 24.9 Å². The first-order valence-corrected chi connectivity index (χ1v) is 6.15. The van der Waals surface area contributed by atoms with Crippen LogP contribution in [0.3, 0.4) is 0 Å². The first-order valence-electron chi connectivity index (χ1n) is 6.15. The van der Waals surface area contributed by atoms with Gasteiger partial charge in [0.1, 0.15) is 5.75 Å². The summed E-state index contributed by atoms with van der Waals surface area (Å²) in [6.07, 6.45) is -0.696. The quantitative estimate of drug-likeness (QED) is 0.621. The number of aromatic carboxylic acids is 1. The Morgan fingerprint density at radius 1 is 1.47 bits per heavy atom. The molecular formula is C12H18N2O5. The van der Waals surface area contributed by atoms with Crippen molar-refractivity contribution in [3.63, 3.8) is 0 Å². The van der Waals surface area contributed by atoms with E-state index in [1.807, 2.05) is 4.90 Å². The molecule has 7 heteroatoms. The highest BCUT2D eigenvalue weighted by molar-refractivity contribution is 5.88. The predicted molar refractivity (Wildman–Crippen MR) is 66.2 cm³/mol. The van der Waals surface area contributed by atoms with Crippen LogP contribution in [-0.2, 0) is 4.74 Å². The molecule has 2 unspecified atom stereocenters. The van der Waals surface area contributed by atoms with Crippen LogP contribution in [0.2, 0.25) is 0 Å². The van der Waals surface area contributed by atoms with Crippen LogP contribution in [0.4, 0.5) is 0 Å². The topological polar surface area (TPSA) is 106 Å². The first kappa shape index (κ1) is 13.9. The number of aromatic amines is 1. The molecule has 1 aliphatic heterocycles. The lowest BCUT2D eigenvalue weighted by molar-refractivity contribution is -0.0192. The summed E-state index contributed by atoms with van der Waals surface area (Å²) in [5, 5.41) is 28.4. The summed E-state index contributed by atoms with van der Waals surface area (Å²) in [5.74, 6) is -1.54. The van der Waals surface area contributed by atoms with E-state index < -0.39 is 12.1 Å². The van der Waals surface area contributed by atoms with E-state index in [0.29, 0.717) is 32.0 Å². The molecule has 0 aliphatic carbocycles. The van der Waals surface area contributed by atoms with Gasteiger partial charge in [0.15, 0.2) is 5.69 Å². The van der Waals surface area contributed by atoms with Gasteiger partial charge in [0, 0.05) is 24.8 Å². The third-order valence-electron chi connectivity index (χ3n) is 3.25. The van der Waals surface area contributed by atoms with Crippen LogP contribution in [0.1, 0.15) is 29.1 Å². The minimum absolute atomic E-state index is 0.256. The summed E-state index contributed by atoms with van der Waals surface area (Å²) < 4.78 is 5.26. The third-order valence-corrected chi connectivity index (χ3v) is 3.25. The maximum absolute atomic E-state index is 10.9. The van der Waals surface area contributed by atoms with Crippen LogP contribution < -0.4 is 0 Å². The zero-order valence-electron chi connectivity index (χ0n) is 10.7. The van der Waals surface area contributed by atoms with Crippen molar-refractivity contribution in [2.24, 2.45) is 0 Å². The van der Waals surface area contributed by atoms with E-state index in [-0.39, 0.29) is 17.5 Å². The summed E-state index contributed by atoms with van der Waals surface area (Å²) in [7, 11) is 0. The van der Waals surface area contributed by atoms with Crippen molar-refractivity contribution in [3.05, 3.63) is 17.5 Å². The molecule has 0 bridgehead atoms. The smallest absolute Gasteiger partial charge is 0.356 e. The average Bonchev–Trinajstić information content (AvgIpc) is 2.72. The summed E-state index contributed by atoms with van der Waals surface area (Å²) in [5.41, 5.74) is 0.237. The van der Waals surface area contributed by atoms with Crippen LogP contribution in [0.25, 0.3) is 0 Å². The fraction of sp³-hybridized carbons (Fsp3) is 0.583. The van der Waals surface area contributed by atoms with Crippen LogP contribution >= 0.6 is 0 Å². The van der Waals surface area contributed by atoms with Gasteiger partial charge in [0.2, 0.25) is 0 Å². The molecule has 19 heavy (non-hydrogen) atoms. The molecule has 0 radical (unpaired) electrons. The fourth-order valence-electron chi connectivity index (χ4n) is 2.40. The van der Waals surface area contributed by atoms with Gasteiger partial charge >= 0.3 is 5.97 Å². The highest BCUT2D eigenvalue weighted by atomic mass is 16.5. The Kier molecular flexibility index (Phi) is 4.08. The Morgan fingerprint density at radius 3 is 2.58 bits per heavy atom. The molecule has 1 aliphatic rings. The minimum atomic E-state index is -1.23. The number of morpholine rings is 1. The Balaban J connectivity index is 2.28. The Labute approximate surface area is 110 Å². The molecule has 4 N–H and O–H groups in total. The van der Waals surface area contributed by atoms with Gasteiger partial charge in [0.05, 0.1) is 25.4 Å². The maximum atomic E-state index is 10.9. The standard InChI is InChI=1S/C12H18N2O5/c1-7(15)11(14-2-4-19-5-3-14)8-6-9(16)10(13-8)12(17)18/h6-7,11,13,15-16H,2-5H2,1H3,(H,17,18). The van der Waals surface area contributed by atoms with E-state index >= 15 is 0 Å². The van der Waals surface area contributed by atoms with Crippen LogP contribution in [0.5, 0.6) is 5.75 Å². The molecular weight excluding hydrogens is 252 g/mol. The minimum Gasteiger partial charge on any atom is -0.505 e. The van der Waals surface area contributed by atoms with Gasteiger partial charge in [0.25, 0.3) is 0 Å². The number of aliphatic hydroxyl groups excluding tert-OH is 1. The summed E-state index contributed by atoms with van der Waals surface area (Å²) in [4.78, 5) is 15.6. The van der Waals surface area contributed by atoms with Gasteiger partial charge in [-0.1, -0.05) is 0 Å². The van der Waals surface area contributed by atoms with Gasteiger partial charge < -0.3 is 25.0 Å². The molecule has 2 rings (SSSR count). The number of aliphatic hydroxyl groups is 1. The molecule has 0 saturated carbocycles. The van der Waals surface area contributed by atoms with E-state index in [1.165, 1.54) is 6.07 Å². The Morgan fingerprint density at radius 2 is 2.11 bits per heavy atom. The van der Waals surface area contributed by atoms with Gasteiger partial charge in [-0.2, -0.15) is 0 Å². The molecule has 106 valence electrons. The van der Waals surface area contributed by atoms with Gasteiger partial charge in [-0.05, 0) is 6.92 Å². The highest BCUT2D eigenvalue weighted by Crippen LogP contribution is 2.29. The Hall–Kier alpha value is -1.57. The molecule has 2 atom stereocenters. The number of nitrogens with one attached hydrogen (secondary N) is 1. The lowest BCUT2D eigenvalue weighted by Crippen LogP contribution is -2.43. The fourth-order valence-corrected chi connectivity index (χ4v) is 2.40. The van der Waals surface area contributed by atoms with Crippen LogP contribution in [0, 0.1) is 0 Å². The first-order chi connectivity index (χ1) is 9.00. The number of rotatable bonds is 4. The summed E-state index contributed by atoms with van der Waals surface area (Å²) in [6, 6.07) is 0.971. The largest absolute Gasteiger partial charge is 0.505 e. The molecule has 0 aromatic carbocycles. The molecule has 1 fully saturated rings. The molecule has 0 amide bonds. The number of aromatic nitrogens is 1. The van der Waals surface area contributed by atoms with Gasteiger partial charge in [-0.15, -0.1) is 0 Å². The summed E-state index contributed by atoms with van der Waals surface area (Å²) >= 11 is 0. The third kappa shape index (κ3) is 2.89. The number of aromatic hydroxyl groups is 1. The zero-order valence-corrected chi connectivity index (χ0v) is 10.7. The number of H-pyrrole nitrogens is 1. The van der Waals surface area contributed by atoms with Gasteiger partial charge in [-0.25, -0.2) is 4.79 Å². The van der Waals surface area contributed by atoms with Crippen molar-refractivity contribution in [3.8, 4) is 5.75 Å². The van der Waals surface area contributed by atoms with E-state index in [9.17, 15) is 15.0 Å². The molecule has 1 aromatic rings. The van der Waals surface area contributed by atoms with Crippen molar-refractivity contribution in [2.45, 2.75) is 19.1 Å². The number of carboxylic acid groups (broad SMARTS) is 1. The normalized spacial score (nSPS) is 20.1. The second kappa shape index (κ2) is 5.60. The van der Waals surface area contributed by atoms with Gasteiger partial charge in [-0.3, -0.25) is 4.90 Å². The number of carbonyl (C=O) groups is 1. The Bertz CT molecular complexity index is 451. The van der Waals surface area contributed by atoms with E-state index in [0.717, 1.165) is 0 Å². The predicted octanol–water partition coefficient (Wildman–Crippen LogP) is 0.173. The molecule has 7 nitrogen and oxygen atoms in total. The number of ether oxygens (including phenoxy) is 1. The maximum Gasteiger partial charge on any atom is 0.356 e. The lowest BCUT2D eigenvalue weighted by Gasteiger charge is -2.35. The van der Waals surface area contributed by atoms with Crippen molar-refractivity contribution in [2.75, 3.05) is 26.3 Å². The zero-order chi connectivity index (χ0) is 14.0. The average molecular weight is 270 g/mol. The van der Waals surface area contributed by atoms with E-state index in [2.05, 4.69) is 4.98 Å². The molecule has 2 heterocycles. The number of hydrogen-bond acceptors (Lipinski definition) is 5. The summed E-state index contributed by atoms with van der Waals surface area (Å²) in [6.45, 7) is 4.08. The molecule has 1 aromatic heterocycles. The van der Waals surface area contributed by atoms with Crippen LogP contribution in [0.15, 0.2) is 6.07 Å². The number of carboxylic acids is 1. The molecule has 1 saturated heterocycles. The highest BCUT2D eigenvalue weighted by Gasteiger charge is 2.29. The monoisotopic (exact) mass is 270 g/mol. The van der Waals surface area contributed by atoms with Crippen molar-refractivity contribution in [1.82, 2.24) is 9.88 Å². The lowest BCUT2D eigenvalue weighted by atomic mass is 10.1. The van der Waals surface area contributed by atoms with E-state index in [1.54, 1.807) is 6.92 Å². The van der Waals surface area contributed by atoms with E-state index in [4.69, 9.17) is 9.84 Å². The molecule has 0 spiro atoms. The second-order valence-corrected chi connectivity index (χ2v) is 4.62. The second-order valence-electron chi connectivity index (χ2n) is 4.62. The van der Waals surface area contributed by atoms with Crippen molar-refractivity contribution >= 4 is 5.97 Å². The number of nitrogens with zero attached hydrogens (tertiary/aromatic N) is 1.